The third-order valence-electron chi connectivity index (χ3n) is 2.62. The Morgan fingerprint density at radius 2 is 2.20 bits per heavy atom. The molecular weight excluding hydrogens is 280 g/mol. The molecule has 0 saturated heterocycles. The smallest absolute Gasteiger partial charge is 0.339 e. The van der Waals surface area contributed by atoms with E-state index in [1.54, 1.807) is 19.1 Å². The van der Waals surface area contributed by atoms with E-state index < -0.39 is 5.97 Å². The van der Waals surface area contributed by atoms with Gasteiger partial charge < -0.3 is 9.84 Å². The number of benzene rings is 1. The van der Waals surface area contributed by atoms with E-state index in [0.29, 0.717) is 5.56 Å². The van der Waals surface area contributed by atoms with Crippen molar-refractivity contribution in [3.63, 3.8) is 0 Å². The zero-order valence-corrected chi connectivity index (χ0v) is 11.2. The SMILES string of the molecule is Cc1cccc(C(=O)O)c1Oc1nccc(C#N)c1Cl. The summed E-state index contributed by atoms with van der Waals surface area (Å²) in [5, 5.41) is 18.1. The minimum atomic E-state index is -1.11. The van der Waals surface area contributed by atoms with Crippen LogP contribution in [0, 0.1) is 18.3 Å². The minimum Gasteiger partial charge on any atom is -0.478 e. The van der Waals surface area contributed by atoms with Gasteiger partial charge in [0.05, 0.1) is 5.56 Å². The number of hydrogen-bond donors (Lipinski definition) is 1. The van der Waals surface area contributed by atoms with Crippen LogP contribution >= 0.6 is 11.6 Å². The molecular formula is C14H9ClN2O3. The van der Waals surface area contributed by atoms with Gasteiger partial charge in [-0.3, -0.25) is 0 Å². The lowest BCUT2D eigenvalue weighted by Gasteiger charge is -2.11. The molecule has 1 aromatic heterocycles. The Morgan fingerprint density at radius 1 is 1.45 bits per heavy atom. The van der Waals surface area contributed by atoms with Crippen molar-refractivity contribution in [2.75, 3.05) is 0 Å². The van der Waals surface area contributed by atoms with Crippen molar-refractivity contribution in [3.8, 4) is 17.7 Å². The molecule has 100 valence electrons. The molecule has 6 heteroatoms. The average molecular weight is 289 g/mol. The molecule has 0 aliphatic rings. The summed E-state index contributed by atoms with van der Waals surface area (Å²) in [4.78, 5) is 15.1. The first kappa shape index (κ1) is 13.8. The molecule has 1 aromatic carbocycles. The summed E-state index contributed by atoms with van der Waals surface area (Å²) in [6, 6.07) is 8.11. The molecule has 5 nitrogen and oxygen atoms in total. The summed E-state index contributed by atoms with van der Waals surface area (Å²) in [5.41, 5.74) is 0.845. The summed E-state index contributed by atoms with van der Waals surface area (Å²) in [6.07, 6.45) is 1.37. The van der Waals surface area contributed by atoms with Crippen molar-refractivity contribution < 1.29 is 14.6 Å². The molecule has 2 aromatic rings. The summed E-state index contributed by atoms with van der Waals surface area (Å²) < 4.78 is 5.50. The van der Waals surface area contributed by atoms with Gasteiger partial charge in [0.25, 0.3) is 0 Å². The van der Waals surface area contributed by atoms with Gasteiger partial charge in [0.1, 0.15) is 22.4 Å². The predicted molar refractivity (Wildman–Crippen MR) is 72.2 cm³/mol. The monoisotopic (exact) mass is 288 g/mol. The Hall–Kier alpha value is -2.58. The van der Waals surface area contributed by atoms with Gasteiger partial charge in [-0.05, 0) is 24.6 Å². The maximum Gasteiger partial charge on any atom is 0.339 e. The molecule has 0 radical (unpaired) electrons. The number of carboxylic acid groups (broad SMARTS) is 1. The average Bonchev–Trinajstić information content (AvgIpc) is 2.42. The number of para-hydroxylation sites is 1. The molecule has 0 spiro atoms. The molecule has 0 bridgehead atoms. The molecule has 0 aliphatic heterocycles. The topological polar surface area (TPSA) is 83.2 Å². The van der Waals surface area contributed by atoms with Crippen LogP contribution in [-0.4, -0.2) is 16.1 Å². The fraction of sp³-hybridized carbons (Fsp3) is 0.0714. The molecule has 0 aliphatic carbocycles. The van der Waals surface area contributed by atoms with Gasteiger partial charge in [0, 0.05) is 6.20 Å². The normalized spacial score (nSPS) is 9.85. The van der Waals surface area contributed by atoms with E-state index >= 15 is 0 Å². The number of halogens is 1. The van der Waals surface area contributed by atoms with Crippen molar-refractivity contribution in [3.05, 3.63) is 52.2 Å². The third-order valence-corrected chi connectivity index (χ3v) is 2.98. The third kappa shape index (κ3) is 2.56. The van der Waals surface area contributed by atoms with Crippen LogP contribution in [0.15, 0.2) is 30.5 Å². The van der Waals surface area contributed by atoms with Crippen molar-refractivity contribution in [1.82, 2.24) is 4.98 Å². The maximum atomic E-state index is 11.2. The largest absolute Gasteiger partial charge is 0.478 e. The van der Waals surface area contributed by atoms with Gasteiger partial charge in [-0.1, -0.05) is 23.7 Å². The van der Waals surface area contributed by atoms with Crippen molar-refractivity contribution in [2.24, 2.45) is 0 Å². The van der Waals surface area contributed by atoms with Crippen LogP contribution in [0.4, 0.5) is 0 Å². The van der Waals surface area contributed by atoms with Crippen LogP contribution in [0.1, 0.15) is 21.5 Å². The second kappa shape index (κ2) is 5.59. The quantitative estimate of drug-likeness (QED) is 0.935. The zero-order valence-electron chi connectivity index (χ0n) is 10.4. The fourth-order valence-corrected chi connectivity index (χ4v) is 1.83. The van der Waals surface area contributed by atoms with Gasteiger partial charge in [-0.25, -0.2) is 9.78 Å². The molecule has 0 atom stereocenters. The van der Waals surface area contributed by atoms with Gasteiger partial charge in [0.2, 0.25) is 5.88 Å². The fourth-order valence-electron chi connectivity index (χ4n) is 1.64. The number of carboxylic acids is 1. The summed E-state index contributed by atoms with van der Waals surface area (Å²) in [6.45, 7) is 1.71. The molecule has 0 amide bonds. The van der Waals surface area contributed by atoms with Crippen LogP contribution in [-0.2, 0) is 0 Å². The van der Waals surface area contributed by atoms with Crippen LogP contribution in [0.2, 0.25) is 5.02 Å². The van der Waals surface area contributed by atoms with Crippen molar-refractivity contribution in [1.29, 1.82) is 5.26 Å². The number of hydrogen-bond acceptors (Lipinski definition) is 4. The Labute approximate surface area is 120 Å². The molecule has 0 saturated carbocycles. The maximum absolute atomic E-state index is 11.2. The van der Waals surface area contributed by atoms with E-state index in [0.717, 1.165) is 0 Å². The van der Waals surface area contributed by atoms with E-state index in [4.69, 9.17) is 26.7 Å². The minimum absolute atomic E-state index is 0.00233. The number of pyridine rings is 1. The highest BCUT2D eigenvalue weighted by Crippen LogP contribution is 2.33. The summed E-state index contributed by atoms with van der Waals surface area (Å²) in [5.74, 6) is -0.955. The summed E-state index contributed by atoms with van der Waals surface area (Å²) >= 11 is 5.99. The second-order valence-electron chi connectivity index (χ2n) is 3.95. The molecule has 2 rings (SSSR count). The van der Waals surface area contributed by atoms with Gasteiger partial charge in [0.15, 0.2) is 0 Å². The number of rotatable bonds is 3. The predicted octanol–water partition coefficient (Wildman–Crippen LogP) is 3.41. The lowest BCUT2D eigenvalue weighted by atomic mass is 10.1. The van der Waals surface area contributed by atoms with Gasteiger partial charge in [-0.2, -0.15) is 5.26 Å². The number of nitriles is 1. The standard InChI is InChI=1S/C14H9ClN2O3/c1-8-3-2-4-10(14(18)19)12(8)20-13-11(15)9(7-16)5-6-17-13/h2-6H,1H3,(H,18,19). The van der Waals surface area contributed by atoms with Crippen molar-refractivity contribution >= 4 is 17.6 Å². The van der Waals surface area contributed by atoms with E-state index in [1.165, 1.54) is 18.3 Å². The lowest BCUT2D eigenvalue weighted by Crippen LogP contribution is -2.02. The second-order valence-corrected chi connectivity index (χ2v) is 4.33. The first-order valence-corrected chi connectivity index (χ1v) is 5.97. The Morgan fingerprint density at radius 3 is 2.85 bits per heavy atom. The number of ether oxygens (including phenoxy) is 1. The zero-order chi connectivity index (χ0) is 14.7. The number of aromatic carboxylic acids is 1. The van der Waals surface area contributed by atoms with Crippen LogP contribution in [0.25, 0.3) is 0 Å². The van der Waals surface area contributed by atoms with E-state index in [9.17, 15) is 4.79 Å². The Balaban J connectivity index is 2.51. The number of aromatic nitrogens is 1. The Bertz CT molecular complexity index is 723. The number of aryl methyl sites for hydroxylation is 1. The van der Waals surface area contributed by atoms with Gasteiger partial charge in [-0.15, -0.1) is 0 Å². The molecule has 0 fully saturated rings. The van der Waals surface area contributed by atoms with Crippen LogP contribution < -0.4 is 4.74 Å². The highest BCUT2D eigenvalue weighted by Gasteiger charge is 2.17. The van der Waals surface area contributed by atoms with E-state index in [2.05, 4.69) is 4.98 Å². The Kier molecular flexibility index (Phi) is 3.87. The van der Waals surface area contributed by atoms with Crippen LogP contribution in [0.3, 0.4) is 0 Å². The van der Waals surface area contributed by atoms with Crippen molar-refractivity contribution in [2.45, 2.75) is 6.92 Å². The molecule has 1 N–H and O–H groups in total. The number of carbonyl (C=O) groups is 1. The molecule has 0 unspecified atom stereocenters. The van der Waals surface area contributed by atoms with E-state index in [1.807, 2.05) is 6.07 Å². The first-order chi connectivity index (χ1) is 9.54. The molecule has 20 heavy (non-hydrogen) atoms. The van der Waals surface area contributed by atoms with E-state index in [-0.39, 0.29) is 27.8 Å². The number of nitrogens with zero attached hydrogens (tertiary/aromatic N) is 2. The van der Waals surface area contributed by atoms with Gasteiger partial charge >= 0.3 is 5.97 Å². The highest BCUT2D eigenvalue weighted by molar-refractivity contribution is 6.33. The lowest BCUT2D eigenvalue weighted by molar-refractivity contribution is 0.0694. The van der Waals surface area contributed by atoms with Crippen LogP contribution in [0.5, 0.6) is 11.6 Å². The molecule has 1 heterocycles. The highest BCUT2D eigenvalue weighted by atomic mass is 35.5. The first-order valence-electron chi connectivity index (χ1n) is 5.60. The summed E-state index contributed by atoms with van der Waals surface area (Å²) in [7, 11) is 0.